The first-order chi connectivity index (χ1) is 13.5. The second-order valence-corrected chi connectivity index (χ2v) is 6.45. The predicted octanol–water partition coefficient (Wildman–Crippen LogP) is 4.79. The molecule has 146 valence electrons. The van der Waals surface area contributed by atoms with Crippen molar-refractivity contribution in [3.05, 3.63) is 42.1 Å². The number of anilines is 1. The zero-order chi connectivity index (χ0) is 19.7. The highest BCUT2D eigenvalue weighted by atomic mass is 19.4. The molecule has 4 rings (SSSR count). The number of pyridine rings is 1. The number of halogens is 3. The molecule has 0 unspecified atom stereocenters. The molecule has 3 aromatic rings. The zero-order valence-electron chi connectivity index (χ0n) is 15.0. The van der Waals surface area contributed by atoms with E-state index < -0.39 is 11.7 Å². The molecule has 0 bridgehead atoms. The van der Waals surface area contributed by atoms with E-state index in [1.807, 2.05) is 0 Å². The van der Waals surface area contributed by atoms with Crippen molar-refractivity contribution >= 4 is 5.82 Å². The van der Waals surface area contributed by atoms with Gasteiger partial charge in [-0.1, -0.05) is 5.16 Å². The Hall–Kier alpha value is -3.10. The number of alkyl halides is 3. The molecule has 2 aromatic heterocycles. The molecule has 6 nitrogen and oxygen atoms in total. The molecular formula is C19H17F3N4O2. The van der Waals surface area contributed by atoms with Crippen LogP contribution in [0.5, 0.6) is 5.75 Å². The van der Waals surface area contributed by atoms with Crippen LogP contribution in [0.3, 0.4) is 0 Å². The Balaban J connectivity index is 1.69. The minimum Gasteiger partial charge on any atom is -0.490 e. The Labute approximate surface area is 158 Å². The number of rotatable bonds is 5. The Bertz CT molecular complexity index is 983. The lowest BCUT2D eigenvalue weighted by Crippen LogP contribution is -2.25. The third-order valence-corrected chi connectivity index (χ3v) is 4.59. The van der Waals surface area contributed by atoms with E-state index in [0.717, 1.165) is 25.3 Å². The molecule has 28 heavy (non-hydrogen) atoms. The van der Waals surface area contributed by atoms with Crippen LogP contribution in [0.25, 0.3) is 22.8 Å². The second-order valence-electron chi connectivity index (χ2n) is 6.45. The minimum atomic E-state index is -4.55. The summed E-state index contributed by atoms with van der Waals surface area (Å²) < 4.78 is 51.3. The Morgan fingerprint density at radius 2 is 2.04 bits per heavy atom. The number of ether oxygens (including phenoxy) is 1. The van der Waals surface area contributed by atoms with E-state index in [1.165, 1.54) is 12.1 Å². The normalized spacial score (nSPS) is 14.6. The van der Waals surface area contributed by atoms with Crippen LogP contribution in [-0.2, 0) is 6.18 Å². The zero-order valence-corrected chi connectivity index (χ0v) is 15.0. The molecule has 0 amide bonds. The Morgan fingerprint density at radius 3 is 2.71 bits per heavy atom. The molecule has 1 aromatic carbocycles. The van der Waals surface area contributed by atoms with E-state index in [0.29, 0.717) is 11.4 Å². The lowest BCUT2D eigenvalue weighted by atomic mass is 9.96. The van der Waals surface area contributed by atoms with Crippen LogP contribution in [-0.4, -0.2) is 28.3 Å². The molecule has 0 atom stereocenters. The smallest absolute Gasteiger partial charge is 0.419 e. The maximum atomic E-state index is 13.5. The largest absolute Gasteiger partial charge is 0.490 e. The fourth-order valence-electron chi connectivity index (χ4n) is 2.89. The van der Waals surface area contributed by atoms with Crippen molar-refractivity contribution in [3.8, 4) is 28.6 Å². The Morgan fingerprint density at radius 1 is 1.21 bits per heavy atom. The molecule has 1 aliphatic carbocycles. The number of nitrogens with one attached hydrogen (secondary N) is 1. The number of hydrogen-bond donors (Lipinski definition) is 1. The maximum Gasteiger partial charge on any atom is 0.419 e. The maximum absolute atomic E-state index is 13.5. The lowest BCUT2D eigenvalue weighted by molar-refractivity contribution is -0.139. The fraction of sp³-hybridized carbons (Fsp3) is 0.316. The van der Waals surface area contributed by atoms with Crippen LogP contribution in [0.2, 0.25) is 0 Å². The average molecular weight is 390 g/mol. The van der Waals surface area contributed by atoms with E-state index >= 15 is 0 Å². The van der Waals surface area contributed by atoms with E-state index in [9.17, 15) is 13.2 Å². The summed E-state index contributed by atoms with van der Waals surface area (Å²) in [6.45, 7) is 0. The molecular weight excluding hydrogens is 373 g/mol. The van der Waals surface area contributed by atoms with Crippen LogP contribution in [0.1, 0.15) is 24.8 Å². The fourth-order valence-corrected chi connectivity index (χ4v) is 2.89. The summed E-state index contributed by atoms with van der Waals surface area (Å²) in [5.74, 6) is 0.581. The van der Waals surface area contributed by atoms with Gasteiger partial charge in [0, 0.05) is 18.8 Å². The highest BCUT2D eigenvalue weighted by molar-refractivity contribution is 5.70. The van der Waals surface area contributed by atoms with Gasteiger partial charge in [0.05, 0.1) is 17.2 Å². The van der Waals surface area contributed by atoms with Gasteiger partial charge in [0.1, 0.15) is 11.6 Å². The van der Waals surface area contributed by atoms with Gasteiger partial charge in [-0.25, -0.2) is 4.98 Å². The van der Waals surface area contributed by atoms with Gasteiger partial charge in [-0.3, -0.25) is 0 Å². The third-order valence-electron chi connectivity index (χ3n) is 4.59. The van der Waals surface area contributed by atoms with Crippen molar-refractivity contribution in [2.24, 2.45) is 0 Å². The second kappa shape index (κ2) is 7.14. The molecule has 1 aliphatic rings. The summed E-state index contributed by atoms with van der Waals surface area (Å²) in [6.07, 6.45) is -0.603. The molecule has 0 spiro atoms. The molecule has 1 fully saturated rings. The van der Waals surface area contributed by atoms with Crippen LogP contribution in [0.4, 0.5) is 19.0 Å². The van der Waals surface area contributed by atoms with Crippen LogP contribution in [0.15, 0.2) is 41.1 Å². The van der Waals surface area contributed by atoms with Gasteiger partial charge in [-0.2, -0.15) is 18.2 Å². The standard InChI is InChI=1S/C19H17F3N4O2/c1-23-16-13(6-3-9-24-16)17-25-18(28-26-17)11-7-8-15(27-12-4-2-5-12)14(10-11)19(20,21)22/h3,6-10,12H,2,4-5H2,1H3,(H,23,24). The highest BCUT2D eigenvalue weighted by Gasteiger charge is 2.36. The van der Waals surface area contributed by atoms with E-state index in [1.54, 1.807) is 25.4 Å². The van der Waals surface area contributed by atoms with Crippen molar-refractivity contribution < 1.29 is 22.4 Å². The van der Waals surface area contributed by atoms with E-state index in [2.05, 4.69) is 20.4 Å². The molecule has 9 heteroatoms. The first-order valence-electron chi connectivity index (χ1n) is 8.81. The first-order valence-corrected chi connectivity index (χ1v) is 8.81. The number of aromatic nitrogens is 3. The van der Waals surface area contributed by atoms with Gasteiger partial charge in [-0.15, -0.1) is 0 Å². The van der Waals surface area contributed by atoms with E-state index in [-0.39, 0.29) is 29.1 Å². The molecule has 1 saturated carbocycles. The van der Waals surface area contributed by atoms with Crippen molar-refractivity contribution in [1.29, 1.82) is 0 Å². The number of benzene rings is 1. The van der Waals surface area contributed by atoms with Crippen LogP contribution >= 0.6 is 0 Å². The van der Waals surface area contributed by atoms with E-state index in [4.69, 9.17) is 9.26 Å². The van der Waals surface area contributed by atoms with Crippen molar-refractivity contribution in [3.63, 3.8) is 0 Å². The molecule has 1 N–H and O–H groups in total. The predicted molar refractivity (Wildman–Crippen MR) is 95.8 cm³/mol. The highest BCUT2D eigenvalue weighted by Crippen LogP contribution is 2.40. The van der Waals surface area contributed by atoms with Crippen LogP contribution < -0.4 is 10.1 Å². The summed E-state index contributed by atoms with van der Waals surface area (Å²) in [7, 11) is 1.70. The molecule has 2 heterocycles. The average Bonchev–Trinajstić information content (AvgIpc) is 3.14. The first kappa shape index (κ1) is 18.3. The van der Waals surface area contributed by atoms with Crippen molar-refractivity contribution in [2.45, 2.75) is 31.5 Å². The summed E-state index contributed by atoms with van der Waals surface area (Å²) >= 11 is 0. The minimum absolute atomic E-state index is 0.0124. The summed E-state index contributed by atoms with van der Waals surface area (Å²) in [6, 6.07) is 7.23. The molecule has 0 saturated heterocycles. The van der Waals surface area contributed by atoms with Gasteiger partial charge < -0.3 is 14.6 Å². The summed E-state index contributed by atoms with van der Waals surface area (Å²) in [5, 5.41) is 6.79. The van der Waals surface area contributed by atoms with Gasteiger partial charge >= 0.3 is 6.18 Å². The van der Waals surface area contributed by atoms with Crippen LogP contribution in [0, 0.1) is 0 Å². The topological polar surface area (TPSA) is 73.1 Å². The lowest BCUT2D eigenvalue weighted by Gasteiger charge is -2.27. The Kier molecular flexibility index (Phi) is 4.66. The van der Waals surface area contributed by atoms with Gasteiger partial charge in [-0.05, 0) is 49.6 Å². The molecule has 0 radical (unpaired) electrons. The van der Waals surface area contributed by atoms with Crippen molar-refractivity contribution in [1.82, 2.24) is 15.1 Å². The summed E-state index contributed by atoms with van der Waals surface area (Å²) in [4.78, 5) is 8.39. The van der Waals surface area contributed by atoms with Gasteiger partial charge in [0.2, 0.25) is 5.82 Å². The quantitative estimate of drug-likeness (QED) is 0.675. The van der Waals surface area contributed by atoms with Gasteiger partial charge in [0.25, 0.3) is 5.89 Å². The third kappa shape index (κ3) is 3.51. The monoisotopic (exact) mass is 390 g/mol. The molecule has 0 aliphatic heterocycles. The number of hydrogen-bond acceptors (Lipinski definition) is 6. The van der Waals surface area contributed by atoms with Gasteiger partial charge in [0.15, 0.2) is 0 Å². The van der Waals surface area contributed by atoms with Crippen molar-refractivity contribution in [2.75, 3.05) is 12.4 Å². The number of nitrogens with zero attached hydrogens (tertiary/aromatic N) is 3. The summed E-state index contributed by atoms with van der Waals surface area (Å²) in [5.41, 5.74) is -0.100. The SMILES string of the molecule is CNc1ncccc1-c1noc(-c2ccc(OC3CCC3)c(C(F)(F)F)c2)n1.